The molecule has 0 spiro atoms. The van der Waals surface area contributed by atoms with Gasteiger partial charge < -0.3 is 9.47 Å². The summed E-state index contributed by atoms with van der Waals surface area (Å²) in [5.74, 6) is -0.654. The Morgan fingerprint density at radius 3 is 2.84 bits per heavy atom. The molecule has 1 aromatic carbocycles. The van der Waals surface area contributed by atoms with Gasteiger partial charge in [0.1, 0.15) is 12.4 Å². The van der Waals surface area contributed by atoms with Gasteiger partial charge in [0.25, 0.3) is 5.91 Å². The predicted molar refractivity (Wildman–Crippen MR) is 119 cm³/mol. The van der Waals surface area contributed by atoms with Gasteiger partial charge in [-0.3, -0.25) is 4.79 Å². The molecule has 5 rings (SSSR count). The number of rotatable bonds is 4. The number of benzene rings is 1. The summed E-state index contributed by atoms with van der Waals surface area (Å²) in [4.78, 5) is 25.3. The highest BCUT2D eigenvalue weighted by Gasteiger charge is 2.32. The van der Waals surface area contributed by atoms with Crippen molar-refractivity contribution >= 4 is 23.1 Å². The van der Waals surface area contributed by atoms with Gasteiger partial charge in [-0.15, -0.1) is 11.3 Å². The number of nitrogens with zero attached hydrogens (tertiary/aromatic N) is 5. The molecule has 4 heterocycles. The van der Waals surface area contributed by atoms with Gasteiger partial charge in [0.05, 0.1) is 21.8 Å². The van der Waals surface area contributed by atoms with Crippen LogP contribution in [-0.4, -0.2) is 43.1 Å². The van der Waals surface area contributed by atoms with Crippen molar-refractivity contribution in [2.45, 2.75) is 45.3 Å². The molecule has 2 aliphatic rings. The maximum atomic E-state index is 14.1. The van der Waals surface area contributed by atoms with Crippen molar-refractivity contribution in [2.75, 3.05) is 6.54 Å². The van der Waals surface area contributed by atoms with Gasteiger partial charge in [-0.05, 0) is 31.7 Å². The van der Waals surface area contributed by atoms with Gasteiger partial charge in [-0.25, -0.2) is 14.4 Å². The number of carbonyl (C=O) groups excluding carboxylic acids is 1. The van der Waals surface area contributed by atoms with Crippen molar-refractivity contribution in [2.24, 2.45) is 0 Å². The standard InChI is InChI=1S/C23H23F2N5OS/c1-15-26-20(21(32-15)16-7-3-2-4-8-16)23(31)30-10-6-5-9-18(30)11-17-12-28-14-29(25)13-19(24)22(28)27-17/h2-4,7-8,12-13,18H,5-6,9-11,14H2,1H3/t18-/m0/s1. The second-order valence-corrected chi connectivity index (χ2v) is 9.38. The highest BCUT2D eigenvalue weighted by Crippen LogP contribution is 2.33. The first kappa shape index (κ1) is 20.8. The number of piperidine rings is 1. The van der Waals surface area contributed by atoms with Crippen LogP contribution in [0.15, 0.2) is 42.7 Å². The van der Waals surface area contributed by atoms with Crippen LogP contribution in [0.5, 0.6) is 0 Å². The highest BCUT2D eigenvalue weighted by molar-refractivity contribution is 7.15. The topological polar surface area (TPSA) is 54.3 Å². The second-order valence-electron chi connectivity index (χ2n) is 8.17. The maximum Gasteiger partial charge on any atom is 0.274 e. The van der Waals surface area contributed by atoms with Crippen LogP contribution in [-0.2, 0) is 13.1 Å². The van der Waals surface area contributed by atoms with E-state index in [2.05, 4.69) is 9.97 Å². The number of aryl methyl sites for hydroxylation is 1. The molecule has 6 nitrogen and oxygen atoms in total. The minimum Gasteiger partial charge on any atom is -0.334 e. The Bertz CT molecular complexity index is 1170. The molecular formula is C23H23F2N5OS. The average molecular weight is 456 g/mol. The van der Waals surface area contributed by atoms with Gasteiger partial charge in [-0.1, -0.05) is 34.8 Å². The lowest BCUT2D eigenvalue weighted by molar-refractivity contribution is 0.0463. The number of likely N-dealkylation sites (tertiary alicyclic amines) is 1. The van der Waals surface area contributed by atoms with Crippen LogP contribution in [0.25, 0.3) is 16.3 Å². The number of halogens is 2. The first-order chi connectivity index (χ1) is 15.5. The van der Waals surface area contributed by atoms with Gasteiger partial charge in [0.15, 0.2) is 11.7 Å². The Morgan fingerprint density at radius 2 is 2.03 bits per heavy atom. The molecule has 0 radical (unpaired) electrons. The van der Waals surface area contributed by atoms with Crippen molar-refractivity contribution in [1.82, 2.24) is 24.6 Å². The quantitative estimate of drug-likeness (QED) is 0.521. The first-order valence-electron chi connectivity index (χ1n) is 10.7. The van der Waals surface area contributed by atoms with Crippen LogP contribution < -0.4 is 0 Å². The van der Waals surface area contributed by atoms with Crippen LogP contribution in [0.4, 0.5) is 8.87 Å². The Kier molecular flexibility index (Phi) is 5.50. The Balaban J connectivity index is 1.41. The van der Waals surface area contributed by atoms with E-state index in [-0.39, 0.29) is 24.4 Å². The molecule has 1 atom stereocenters. The predicted octanol–water partition coefficient (Wildman–Crippen LogP) is 4.98. The van der Waals surface area contributed by atoms with E-state index in [0.717, 1.165) is 40.9 Å². The Hall–Kier alpha value is -3.07. The zero-order chi connectivity index (χ0) is 22.2. The minimum atomic E-state index is -0.702. The fourth-order valence-electron chi connectivity index (χ4n) is 4.45. The van der Waals surface area contributed by atoms with Crippen molar-refractivity contribution < 1.29 is 13.7 Å². The highest BCUT2D eigenvalue weighted by atomic mass is 32.1. The Labute approximate surface area is 188 Å². The van der Waals surface area contributed by atoms with E-state index in [1.165, 1.54) is 15.9 Å². The van der Waals surface area contributed by atoms with Crippen LogP contribution in [0.3, 0.4) is 0 Å². The van der Waals surface area contributed by atoms with Crippen molar-refractivity contribution in [3.63, 3.8) is 0 Å². The number of hydrogen-bond acceptors (Lipinski definition) is 5. The molecule has 0 bridgehead atoms. The molecule has 0 N–H and O–H groups in total. The first-order valence-corrected chi connectivity index (χ1v) is 11.5. The molecule has 0 unspecified atom stereocenters. The van der Waals surface area contributed by atoms with Gasteiger partial charge >= 0.3 is 0 Å². The number of imidazole rings is 1. The van der Waals surface area contributed by atoms with Crippen molar-refractivity contribution in [3.05, 3.63) is 64.9 Å². The Morgan fingerprint density at radius 1 is 1.22 bits per heavy atom. The summed E-state index contributed by atoms with van der Waals surface area (Å²) >= 11 is 1.52. The summed E-state index contributed by atoms with van der Waals surface area (Å²) in [6.45, 7) is 2.46. The summed E-state index contributed by atoms with van der Waals surface area (Å²) in [5.41, 5.74) is 2.12. The number of aromatic nitrogens is 3. The molecule has 2 aliphatic heterocycles. The normalized spacial score (nSPS) is 18.5. The second kappa shape index (κ2) is 8.46. The van der Waals surface area contributed by atoms with E-state index in [1.54, 1.807) is 6.20 Å². The molecule has 0 aliphatic carbocycles. The van der Waals surface area contributed by atoms with Crippen molar-refractivity contribution in [3.8, 4) is 10.4 Å². The zero-order valence-corrected chi connectivity index (χ0v) is 18.5. The largest absolute Gasteiger partial charge is 0.334 e. The summed E-state index contributed by atoms with van der Waals surface area (Å²) in [6, 6.07) is 9.77. The van der Waals surface area contributed by atoms with E-state index >= 15 is 0 Å². The number of thiazole rings is 1. The van der Waals surface area contributed by atoms with E-state index in [0.29, 0.717) is 29.5 Å². The van der Waals surface area contributed by atoms with E-state index in [9.17, 15) is 13.7 Å². The van der Waals surface area contributed by atoms with E-state index < -0.39 is 5.83 Å². The molecular weight excluding hydrogens is 432 g/mol. The summed E-state index contributed by atoms with van der Waals surface area (Å²) in [5, 5.41) is 1.14. The monoisotopic (exact) mass is 455 g/mol. The molecule has 0 saturated carbocycles. The minimum absolute atomic E-state index is 0.0626. The lowest BCUT2D eigenvalue weighted by Gasteiger charge is -2.35. The third-order valence-electron chi connectivity index (χ3n) is 5.89. The fraction of sp³-hybridized carbons (Fsp3) is 0.348. The van der Waals surface area contributed by atoms with Crippen LogP contribution in [0, 0.1) is 6.92 Å². The molecule has 9 heteroatoms. The number of carbonyl (C=O) groups is 1. The van der Waals surface area contributed by atoms with Crippen molar-refractivity contribution in [1.29, 1.82) is 0 Å². The third-order valence-corrected chi connectivity index (χ3v) is 6.91. The SMILES string of the molecule is Cc1nc(C(=O)N2CCCC[C@H]2Cc2cn3c(n2)C(F)=CN(F)C3)c(-c2ccccc2)s1. The summed E-state index contributed by atoms with van der Waals surface area (Å²) in [6.07, 6.45) is 5.75. The molecule has 1 saturated heterocycles. The fourth-order valence-corrected chi connectivity index (χ4v) is 5.36. The number of amides is 1. The smallest absolute Gasteiger partial charge is 0.274 e. The summed E-state index contributed by atoms with van der Waals surface area (Å²) in [7, 11) is 0. The van der Waals surface area contributed by atoms with E-state index in [1.807, 2.05) is 42.2 Å². The van der Waals surface area contributed by atoms with Gasteiger partial charge in [-0.2, -0.15) is 5.12 Å². The lowest BCUT2D eigenvalue weighted by Crippen LogP contribution is -2.45. The molecule has 3 aromatic rings. The maximum absolute atomic E-state index is 14.1. The van der Waals surface area contributed by atoms with Gasteiger partial charge in [0, 0.05) is 25.2 Å². The molecule has 166 valence electrons. The van der Waals surface area contributed by atoms with Crippen LogP contribution in [0.2, 0.25) is 0 Å². The average Bonchev–Trinajstić information content (AvgIpc) is 3.37. The molecule has 32 heavy (non-hydrogen) atoms. The number of fused-ring (bicyclic) bond motifs is 1. The molecule has 1 fully saturated rings. The third kappa shape index (κ3) is 3.92. The molecule has 1 amide bonds. The van der Waals surface area contributed by atoms with Crippen LogP contribution >= 0.6 is 11.3 Å². The summed E-state index contributed by atoms with van der Waals surface area (Å²) < 4.78 is 29.1. The molecule has 2 aromatic heterocycles. The van der Waals surface area contributed by atoms with Gasteiger partial charge in [0.2, 0.25) is 0 Å². The van der Waals surface area contributed by atoms with Crippen LogP contribution in [0.1, 0.15) is 46.3 Å². The number of hydrogen-bond donors (Lipinski definition) is 0. The van der Waals surface area contributed by atoms with E-state index in [4.69, 9.17) is 0 Å². The lowest BCUT2D eigenvalue weighted by atomic mass is 9.97. The zero-order valence-electron chi connectivity index (χ0n) is 17.7.